The number of rotatable bonds is 6. The Morgan fingerprint density at radius 1 is 1.48 bits per heavy atom. The van der Waals surface area contributed by atoms with Gasteiger partial charge >= 0.3 is 5.69 Å². The first-order valence-corrected chi connectivity index (χ1v) is 6.99. The van der Waals surface area contributed by atoms with Crippen molar-refractivity contribution < 1.29 is 14.4 Å². The third-order valence-corrected chi connectivity index (χ3v) is 3.43. The zero-order chi connectivity index (χ0) is 15.2. The van der Waals surface area contributed by atoms with Crippen molar-refractivity contribution >= 4 is 11.4 Å². The summed E-state index contributed by atoms with van der Waals surface area (Å²) in [6, 6.07) is 5.06. The fourth-order valence-corrected chi connectivity index (χ4v) is 2.42. The minimum Gasteiger partial charge on any atom is -0.490 e. The highest BCUT2D eigenvalue weighted by Gasteiger charge is 2.17. The Hall–Kier alpha value is -1.86. The fourth-order valence-electron chi connectivity index (χ4n) is 2.42. The number of nitro groups is 1. The molecule has 0 amide bonds. The maximum Gasteiger partial charge on any atom is 0.311 e. The number of benzene rings is 1. The normalized spacial score (nSPS) is 17.2. The molecule has 1 aromatic rings. The molecule has 1 fully saturated rings. The molecule has 0 aromatic heterocycles. The van der Waals surface area contributed by atoms with Crippen LogP contribution in [0.5, 0.6) is 5.75 Å². The van der Waals surface area contributed by atoms with E-state index < -0.39 is 4.92 Å². The average Bonchev–Trinajstić information content (AvgIpc) is 2.47. The van der Waals surface area contributed by atoms with Gasteiger partial charge in [0, 0.05) is 43.5 Å². The molecule has 0 saturated carbocycles. The Labute approximate surface area is 124 Å². The maximum absolute atomic E-state index is 10.9. The Kier molecular flexibility index (Phi) is 5.35. The summed E-state index contributed by atoms with van der Waals surface area (Å²) >= 11 is 0. The van der Waals surface area contributed by atoms with Crippen molar-refractivity contribution in [2.24, 2.45) is 0 Å². The van der Waals surface area contributed by atoms with E-state index in [1.165, 1.54) is 13.2 Å². The van der Waals surface area contributed by atoms with Crippen LogP contribution in [0.25, 0.3) is 0 Å². The zero-order valence-electron chi connectivity index (χ0n) is 12.4. The van der Waals surface area contributed by atoms with E-state index in [2.05, 4.69) is 17.1 Å². The number of ether oxygens (including phenoxy) is 2. The molecule has 1 heterocycles. The Morgan fingerprint density at radius 3 is 2.81 bits per heavy atom. The number of nitrogens with one attached hydrogen (secondary N) is 1. The molecule has 21 heavy (non-hydrogen) atoms. The summed E-state index contributed by atoms with van der Waals surface area (Å²) in [5.41, 5.74) is 0.794. The lowest BCUT2D eigenvalue weighted by molar-refractivity contribution is -0.385. The van der Waals surface area contributed by atoms with Gasteiger partial charge in [0.05, 0.1) is 25.2 Å². The summed E-state index contributed by atoms with van der Waals surface area (Å²) in [5.74, 6) is 0.267. The van der Waals surface area contributed by atoms with E-state index in [1.807, 2.05) is 0 Å². The van der Waals surface area contributed by atoms with Gasteiger partial charge in [-0.15, -0.1) is 0 Å². The minimum atomic E-state index is -0.445. The third kappa shape index (κ3) is 4.30. The van der Waals surface area contributed by atoms with E-state index in [1.54, 1.807) is 12.1 Å². The van der Waals surface area contributed by atoms with Gasteiger partial charge in [-0.3, -0.25) is 15.0 Å². The van der Waals surface area contributed by atoms with Crippen LogP contribution in [0.2, 0.25) is 0 Å². The number of hydrogen-bond acceptors (Lipinski definition) is 6. The van der Waals surface area contributed by atoms with Crippen LogP contribution in [0.4, 0.5) is 11.4 Å². The first kappa shape index (κ1) is 15.5. The van der Waals surface area contributed by atoms with Crippen LogP contribution in [-0.4, -0.2) is 55.8 Å². The molecule has 0 aliphatic carbocycles. The standard InChI is InChI=1S/C14H21N3O4/c1-11(10-16-5-7-21-8-6-16)15-12-3-4-13(17(18)19)14(9-12)20-2/h3-4,9,11,15H,5-8,10H2,1-2H3. The predicted octanol–water partition coefficient (Wildman–Crippen LogP) is 1.74. The maximum atomic E-state index is 10.9. The molecular weight excluding hydrogens is 274 g/mol. The number of nitro benzene ring substituents is 1. The number of methoxy groups -OCH3 is 1. The topological polar surface area (TPSA) is 76.9 Å². The van der Waals surface area contributed by atoms with Crippen molar-refractivity contribution in [2.75, 3.05) is 45.3 Å². The monoisotopic (exact) mass is 295 g/mol. The quantitative estimate of drug-likeness (QED) is 0.636. The van der Waals surface area contributed by atoms with Crippen molar-refractivity contribution in [1.29, 1.82) is 0 Å². The van der Waals surface area contributed by atoms with Crippen LogP contribution in [0.15, 0.2) is 18.2 Å². The van der Waals surface area contributed by atoms with E-state index >= 15 is 0 Å². The fraction of sp³-hybridized carbons (Fsp3) is 0.571. The lowest BCUT2D eigenvalue weighted by atomic mass is 10.2. The third-order valence-electron chi connectivity index (χ3n) is 3.43. The number of hydrogen-bond donors (Lipinski definition) is 1. The number of anilines is 1. The summed E-state index contributed by atoms with van der Waals surface area (Å²) < 4.78 is 10.4. The highest BCUT2D eigenvalue weighted by Crippen LogP contribution is 2.29. The summed E-state index contributed by atoms with van der Waals surface area (Å²) in [6.07, 6.45) is 0. The lowest BCUT2D eigenvalue weighted by Gasteiger charge is -2.29. The molecule has 1 saturated heterocycles. The molecular formula is C14H21N3O4. The molecule has 7 heteroatoms. The van der Waals surface area contributed by atoms with Gasteiger partial charge in [-0.2, -0.15) is 0 Å². The Bertz CT molecular complexity index is 489. The largest absolute Gasteiger partial charge is 0.490 e. The molecule has 1 aliphatic heterocycles. The second-order valence-electron chi connectivity index (χ2n) is 5.10. The van der Waals surface area contributed by atoms with Gasteiger partial charge in [0.2, 0.25) is 0 Å². The van der Waals surface area contributed by atoms with Crippen LogP contribution in [0.1, 0.15) is 6.92 Å². The molecule has 7 nitrogen and oxygen atoms in total. The highest BCUT2D eigenvalue weighted by molar-refractivity contribution is 5.58. The van der Waals surface area contributed by atoms with E-state index in [9.17, 15) is 10.1 Å². The predicted molar refractivity (Wildman–Crippen MR) is 80.0 cm³/mol. The van der Waals surface area contributed by atoms with E-state index in [0.717, 1.165) is 38.5 Å². The van der Waals surface area contributed by atoms with Crippen LogP contribution >= 0.6 is 0 Å². The molecule has 1 atom stereocenters. The Balaban J connectivity index is 1.96. The van der Waals surface area contributed by atoms with Crippen LogP contribution < -0.4 is 10.1 Å². The number of morpholine rings is 1. The first-order chi connectivity index (χ1) is 10.1. The van der Waals surface area contributed by atoms with E-state index in [0.29, 0.717) is 0 Å². The zero-order valence-corrected chi connectivity index (χ0v) is 12.4. The van der Waals surface area contributed by atoms with Gasteiger partial charge in [-0.25, -0.2) is 0 Å². The molecule has 0 spiro atoms. The van der Waals surface area contributed by atoms with Gasteiger partial charge in [0.15, 0.2) is 5.75 Å². The van der Waals surface area contributed by atoms with Crippen molar-refractivity contribution in [2.45, 2.75) is 13.0 Å². The van der Waals surface area contributed by atoms with Crippen molar-refractivity contribution in [1.82, 2.24) is 4.90 Å². The smallest absolute Gasteiger partial charge is 0.311 e. The van der Waals surface area contributed by atoms with E-state index in [4.69, 9.17) is 9.47 Å². The van der Waals surface area contributed by atoms with Gasteiger partial charge in [0.25, 0.3) is 0 Å². The Morgan fingerprint density at radius 2 is 2.19 bits per heavy atom. The van der Waals surface area contributed by atoms with E-state index in [-0.39, 0.29) is 17.5 Å². The second-order valence-corrected chi connectivity index (χ2v) is 5.10. The summed E-state index contributed by atoms with van der Waals surface area (Å²) in [5, 5.41) is 14.2. The molecule has 0 bridgehead atoms. The summed E-state index contributed by atoms with van der Waals surface area (Å²) in [7, 11) is 1.43. The molecule has 116 valence electrons. The van der Waals surface area contributed by atoms with Gasteiger partial charge in [-0.1, -0.05) is 0 Å². The summed E-state index contributed by atoms with van der Waals surface area (Å²) in [6.45, 7) is 6.42. The summed E-state index contributed by atoms with van der Waals surface area (Å²) in [4.78, 5) is 12.8. The minimum absolute atomic E-state index is 0.0242. The molecule has 1 aliphatic rings. The van der Waals surface area contributed by atoms with Crippen LogP contribution in [-0.2, 0) is 4.74 Å². The lowest BCUT2D eigenvalue weighted by Crippen LogP contribution is -2.42. The molecule has 1 N–H and O–H groups in total. The second kappa shape index (κ2) is 7.24. The van der Waals surface area contributed by atoms with Gasteiger partial charge in [0.1, 0.15) is 0 Å². The van der Waals surface area contributed by atoms with Crippen molar-refractivity contribution in [3.05, 3.63) is 28.3 Å². The SMILES string of the molecule is COc1cc(NC(C)CN2CCOCC2)ccc1[N+](=O)[O-]. The highest BCUT2D eigenvalue weighted by atomic mass is 16.6. The van der Waals surface area contributed by atoms with Gasteiger partial charge in [-0.05, 0) is 13.0 Å². The average molecular weight is 295 g/mol. The number of nitrogens with zero attached hydrogens (tertiary/aromatic N) is 2. The van der Waals surface area contributed by atoms with Crippen LogP contribution in [0.3, 0.4) is 0 Å². The molecule has 1 aromatic carbocycles. The first-order valence-electron chi connectivity index (χ1n) is 6.99. The van der Waals surface area contributed by atoms with Crippen LogP contribution in [0, 0.1) is 10.1 Å². The molecule has 0 radical (unpaired) electrons. The van der Waals surface area contributed by atoms with Crippen molar-refractivity contribution in [3.63, 3.8) is 0 Å². The van der Waals surface area contributed by atoms with Gasteiger partial charge < -0.3 is 14.8 Å². The van der Waals surface area contributed by atoms with Crippen molar-refractivity contribution in [3.8, 4) is 5.75 Å². The molecule has 2 rings (SSSR count). The molecule has 1 unspecified atom stereocenters.